The van der Waals surface area contributed by atoms with E-state index in [1.165, 1.54) is 0 Å². The van der Waals surface area contributed by atoms with E-state index in [0.29, 0.717) is 0 Å². The summed E-state index contributed by atoms with van der Waals surface area (Å²) in [6.45, 7) is 0. The third-order valence-corrected chi connectivity index (χ3v) is 6.34. The van der Waals surface area contributed by atoms with Crippen molar-refractivity contribution in [3.63, 3.8) is 0 Å². The predicted molar refractivity (Wildman–Crippen MR) is 127 cm³/mol. The lowest BCUT2D eigenvalue weighted by atomic mass is 9.99. The third-order valence-electron chi connectivity index (χ3n) is 6.34. The molecule has 0 aliphatic heterocycles. The van der Waals surface area contributed by atoms with Crippen LogP contribution in [0.15, 0.2) is 23.0 Å². The van der Waals surface area contributed by atoms with Gasteiger partial charge >= 0.3 is 6.18 Å². The van der Waals surface area contributed by atoms with Gasteiger partial charge < -0.3 is 0 Å². The lowest BCUT2D eigenvalue weighted by Crippen LogP contribution is -2.14. The van der Waals surface area contributed by atoms with Crippen LogP contribution in [0.4, 0.5) is 52.7 Å². The summed E-state index contributed by atoms with van der Waals surface area (Å²) in [6.07, 6.45) is -5.60. The second-order valence-corrected chi connectivity index (χ2v) is 8.71. The lowest BCUT2D eigenvalue weighted by molar-refractivity contribution is -0.140. The molecule has 0 saturated heterocycles. The molecule has 1 fully saturated rings. The number of hydrogen-bond donors (Lipinski definition) is 0. The quantitative estimate of drug-likeness (QED) is 0.131. The SMILES string of the molecule is N#CC(=C1C(=C(\C#N)c2c(F)c(F)c(C#N)c(F)c2F)/C1=C(\C#N)c1c(F)c(F)c(C#N)c(F)c1F)c1ncnc(F)c1C(F)(F)F. The minimum atomic E-state index is -5.72. The van der Waals surface area contributed by atoms with Crippen LogP contribution < -0.4 is 0 Å². The maximum Gasteiger partial charge on any atom is 0.422 e. The van der Waals surface area contributed by atoms with Crippen molar-refractivity contribution in [2.75, 3.05) is 0 Å². The van der Waals surface area contributed by atoms with Gasteiger partial charge in [-0.2, -0.15) is 43.9 Å². The van der Waals surface area contributed by atoms with Crippen LogP contribution in [0.25, 0.3) is 16.7 Å². The number of aromatic nitrogens is 2. The van der Waals surface area contributed by atoms with Crippen molar-refractivity contribution in [1.29, 1.82) is 26.3 Å². The Morgan fingerprint density at radius 1 is 0.511 bits per heavy atom. The Labute approximate surface area is 251 Å². The maximum absolute atomic E-state index is 15.0. The summed E-state index contributed by atoms with van der Waals surface area (Å²) in [5, 5.41) is 47.1. The second-order valence-electron chi connectivity index (χ2n) is 8.71. The highest BCUT2D eigenvalue weighted by Crippen LogP contribution is 2.57. The van der Waals surface area contributed by atoms with E-state index in [0.717, 1.165) is 30.3 Å². The number of nitriles is 5. The molecular weight excluding hydrogens is 662 g/mol. The smallest absolute Gasteiger partial charge is 0.235 e. The molecule has 2 aromatic carbocycles. The summed E-state index contributed by atoms with van der Waals surface area (Å²) in [6, 6.07) is 4.60. The Morgan fingerprint density at radius 2 is 0.851 bits per heavy atom. The summed E-state index contributed by atoms with van der Waals surface area (Å²) in [5.41, 5.74) is -20.9. The first-order valence-corrected chi connectivity index (χ1v) is 11.6. The van der Waals surface area contributed by atoms with Crippen molar-refractivity contribution in [1.82, 2.24) is 9.97 Å². The largest absolute Gasteiger partial charge is 0.422 e. The fraction of sp³-hybridized carbons (Fsp3) is 0.0357. The molecule has 0 bridgehead atoms. The number of alkyl halides is 3. The molecule has 0 spiro atoms. The van der Waals surface area contributed by atoms with Crippen molar-refractivity contribution in [3.8, 4) is 30.3 Å². The predicted octanol–water partition coefficient (Wildman–Crippen LogP) is 6.74. The Kier molecular flexibility index (Phi) is 8.27. The first-order chi connectivity index (χ1) is 22.0. The maximum atomic E-state index is 15.0. The van der Waals surface area contributed by atoms with Crippen LogP contribution in [-0.4, -0.2) is 9.97 Å². The van der Waals surface area contributed by atoms with E-state index in [1.807, 2.05) is 0 Å². The van der Waals surface area contributed by atoms with E-state index in [4.69, 9.17) is 10.5 Å². The van der Waals surface area contributed by atoms with Gasteiger partial charge in [-0.3, -0.25) is 0 Å². The van der Waals surface area contributed by atoms with E-state index in [2.05, 4.69) is 9.97 Å². The Morgan fingerprint density at radius 3 is 1.15 bits per heavy atom. The fourth-order valence-electron chi connectivity index (χ4n) is 4.34. The molecule has 1 aromatic heterocycles. The fourth-order valence-corrected chi connectivity index (χ4v) is 4.34. The summed E-state index contributed by atoms with van der Waals surface area (Å²) in [5.74, 6) is -22.0. The second kappa shape index (κ2) is 11.7. The van der Waals surface area contributed by atoms with Crippen LogP contribution in [0.1, 0.15) is 33.5 Å². The van der Waals surface area contributed by atoms with Crippen molar-refractivity contribution in [3.05, 3.63) is 109 Å². The molecule has 1 aliphatic rings. The molecule has 19 heteroatoms. The summed E-state index contributed by atoms with van der Waals surface area (Å²) >= 11 is 0. The van der Waals surface area contributed by atoms with Crippen LogP contribution in [0, 0.1) is 109 Å². The first kappa shape index (κ1) is 33.2. The molecule has 0 amide bonds. The minimum absolute atomic E-state index is 0.124. The number of nitrogens with zero attached hydrogens (tertiary/aromatic N) is 7. The Bertz CT molecular complexity index is 2110. The van der Waals surface area contributed by atoms with Gasteiger partial charge in [0.2, 0.25) is 5.95 Å². The van der Waals surface area contributed by atoms with Gasteiger partial charge in [-0.15, -0.1) is 0 Å². The summed E-state index contributed by atoms with van der Waals surface area (Å²) < 4.78 is 174. The molecule has 7 nitrogen and oxygen atoms in total. The number of allylic oxidation sites excluding steroid dienone is 6. The van der Waals surface area contributed by atoms with E-state index in [-0.39, 0.29) is 6.33 Å². The number of rotatable bonds is 3. The van der Waals surface area contributed by atoms with Crippen molar-refractivity contribution in [2.24, 2.45) is 0 Å². The highest BCUT2D eigenvalue weighted by Gasteiger charge is 2.47. The number of halogens is 12. The van der Waals surface area contributed by atoms with Gasteiger partial charge in [0.05, 0.1) is 27.8 Å². The molecule has 0 atom stereocenters. The van der Waals surface area contributed by atoms with Crippen molar-refractivity contribution < 1.29 is 52.7 Å². The number of benzene rings is 2. The minimum Gasteiger partial charge on any atom is -0.235 e. The van der Waals surface area contributed by atoms with Crippen LogP contribution in [-0.2, 0) is 6.18 Å². The molecule has 3 aromatic rings. The van der Waals surface area contributed by atoms with Crippen molar-refractivity contribution >= 4 is 16.7 Å². The molecule has 232 valence electrons. The van der Waals surface area contributed by atoms with Crippen LogP contribution in [0.3, 0.4) is 0 Å². The molecule has 0 radical (unpaired) electrons. The van der Waals surface area contributed by atoms with E-state index in [1.54, 1.807) is 0 Å². The molecule has 1 aliphatic carbocycles. The standard InChI is InChI=1S/C28HF12N7/c29-18-10(4-44)19(30)23(34)15(22(18)33)7(1-41)12-13(8(2-42)16-24(35)20(31)11(5-45)21(32)25(16)36)14(12)9(3-43)26-17(28(38,39)40)27(37)47-6-46-26/h6H/b12-7-,13-8+,14-9?. The Balaban J connectivity index is 2.35. The number of hydrogen-bond acceptors (Lipinski definition) is 7. The van der Waals surface area contributed by atoms with Gasteiger partial charge in [-0.25, -0.2) is 45.1 Å². The monoisotopic (exact) mass is 663 g/mol. The molecule has 47 heavy (non-hydrogen) atoms. The molecule has 0 N–H and O–H groups in total. The topological polar surface area (TPSA) is 145 Å². The first-order valence-electron chi connectivity index (χ1n) is 11.6. The zero-order valence-corrected chi connectivity index (χ0v) is 21.7. The van der Waals surface area contributed by atoms with E-state index in [9.17, 15) is 50.9 Å². The zero-order valence-electron chi connectivity index (χ0n) is 21.7. The highest BCUT2D eigenvalue weighted by molar-refractivity contribution is 6.12. The van der Waals surface area contributed by atoms with Gasteiger partial charge in [-0.05, 0) is 0 Å². The normalized spacial score (nSPS) is 15.5. The summed E-state index contributed by atoms with van der Waals surface area (Å²) in [7, 11) is 0. The molecule has 1 saturated carbocycles. The van der Waals surface area contributed by atoms with E-state index >= 15 is 17.6 Å². The van der Waals surface area contributed by atoms with Crippen LogP contribution in [0.5, 0.6) is 0 Å². The van der Waals surface area contributed by atoms with Crippen LogP contribution in [0.2, 0.25) is 0 Å². The van der Waals surface area contributed by atoms with Gasteiger partial charge in [-0.1, -0.05) is 0 Å². The molecular formula is C28HF12N7. The summed E-state index contributed by atoms with van der Waals surface area (Å²) in [4.78, 5) is 5.80. The zero-order chi connectivity index (χ0) is 35.3. The van der Waals surface area contributed by atoms with Crippen LogP contribution >= 0.6 is 0 Å². The average molecular weight is 663 g/mol. The highest BCUT2D eigenvalue weighted by atomic mass is 19.4. The molecule has 4 rings (SSSR count). The van der Waals surface area contributed by atoms with Crippen molar-refractivity contribution in [2.45, 2.75) is 6.18 Å². The van der Waals surface area contributed by atoms with Gasteiger partial charge in [0, 0.05) is 16.7 Å². The molecule has 1 heterocycles. The average Bonchev–Trinajstić information content (AvgIpc) is 3.73. The van der Waals surface area contributed by atoms with Gasteiger partial charge in [0.1, 0.15) is 59.1 Å². The Hall–Kier alpha value is -6.65. The third kappa shape index (κ3) is 4.95. The van der Waals surface area contributed by atoms with E-state index < -0.39 is 126 Å². The van der Waals surface area contributed by atoms with Gasteiger partial charge in [0.25, 0.3) is 0 Å². The van der Waals surface area contributed by atoms with Gasteiger partial charge in [0.15, 0.2) is 46.5 Å². The molecule has 0 unspecified atom stereocenters. The lowest BCUT2D eigenvalue weighted by Gasteiger charge is -2.11.